The van der Waals surface area contributed by atoms with Crippen molar-refractivity contribution in [2.24, 2.45) is 10.3 Å². The molecule has 0 aromatic heterocycles. The van der Waals surface area contributed by atoms with Gasteiger partial charge in [0.25, 0.3) is 6.43 Å². The van der Waals surface area contributed by atoms with Gasteiger partial charge in [0.2, 0.25) is 0 Å². The van der Waals surface area contributed by atoms with E-state index in [1.54, 1.807) is 14.2 Å². The lowest BCUT2D eigenvalue weighted by molar-refractivity contribution is -0.137. The summed E-state index contributed by atoms with van der Waals surface area (Å²) in [6, 6.07) is 8.32. The highest BCUT2D eigenvalue weighted by Crippen LogP contribution is 2.30. The van der Waals surface area contributed by atoms with Gasteiger partial charge in [-0.15, -0.1) is 0 Å². The third-order valence-electron chi connectivity index (χ3n) is 4.04. The second-order valence-corrected chi connectivity index (χ2v) is 6.39. The first-order valence-corrected chi connectivity index (χ1v) is 9.31. The van der Waals surface area contributed by atoms with Crippen LogP contribution in [0.3, 0.4) is 0 Å². The summed E-state index contributed by atoms with van der Waals surface area (Å²) in [7, 11) is 4.44. The molecule has 33 heavy (non-hydrogen) atoms. The number of ether oxygens (including phenoxy) is 1. The Kier molecular flexibility index (Phi) is 11.1. The van der Waals surface area contributed by atoms with Crippen LogP contribution in [0.4, 0.5) is 22.0 Å². The van der Waals surface area contributed by atoms with Gasteiger partial charge in [-0.2, -0.15) is 13.2 Å². The molecule has 0 radical (unpaired) electrons. The lowest BCUT2D eigenvalue weighted by Crippen LogP contribution is -2.11. The van der Waals surface area contributed by atoms with Crippen molar-refractivity contribution in [2.75, 3.05) is 21.3 Å². The molecule has 11 heteroatoms. The molecule has 0 saturated heterocycles. The average molecular weight is 474 g/mol. The summed E-state index contributed by atoms with van der Waals surface area (Å²) in [5.41, 5.74) is -1.19. The zero-order chi connectivity index (χ0) is 25.0. The SMILES string of the molecule is CO/N=C(/C=O)c1cccc(C(F)F)c1CO/N=C(\C)c1cccc(C(F)(F)F)c1.COC. The van der Waals surface area contributed by atoms with Crippen molar-refractivity contribution >= 4 is 17.7 Å². The number of methoxy groups -OCH3 is 1. The largest absolute Gasteiger partial charge is 0.416 e. The van der Waals surface area contributed by atoms with Gasteiger partial charge in [-0.05, 0) is 24.6 Å². The smallest absolute Gasteiger partial charge is 0.399 e. The summed E-state index contributed by atoms with van der Waals surface area (Å²) >= 11 is 0. The molecule has 0 amide bonds. The zero-order valence-electron chi connectivity index (χ0n) is 18.3. The van der Waals surface area contributed by atoms with Crippen LogP contribution in [0, 0.1) is 0 Å². The maximum Gasteiger partial charge on any atom is 0.416 e. The Balaban J connectivity index is 0.00000172. The maximum absolute atomic E-state index is 13.4. The van der Waals surface area contributed by atoms with Gasteiger partial charge in [-0.25, -0.2) is 8.78 Å². The number of benzene rings is 2. The summed E-state index contributed by atoms with van der Waals surface area (Å²) in [4.78, 5) is 20.9. The molecule has 6 nitrogen and oxygen atoms in total. The number of aldehydes is 1. The van der Waals surface area contributed by atoms with Crippen LogP contribution in [0.25, 0.3) is 0 Å². The number of nitrogens with zero attached hydrogens (tertiary/aromatic N) is 2. The van der Waals surface area contributed by atoms with Crippen molar-refractivity contribution in [3.8, 4) is 0 Å². The summed E-state index contributed by atoms with van der Waals surface area (Å²) in [6.45, 7) is 0.946. The second kappa shape index (κ2) is 13.3. The highest BCUT2D eigenvalue weighted by molar-refractivity contribution is 6.36. The van der Waals surface area contributed by atoms with Gasteiger partial charge in [-0.3, -0.25) is 4.79 Å². The molecular formula is C22H23F5N2O4. The number of carbonyl (C=O) groups excluding carboxylic acids is 1. The molecule has 0 saturated carbocycles. The molecule has 0 bridgehead atoms. The zero-order valence-corrected chi connectivity index (χ0v) is 18.3. The fourth-order valence-corrected chi connectivity index (χ4v) is 2.61. The monoisotopic (exact) mass is 474 g/mol. The lowest BCUT2D eigenvalue weighted by atomic mass is 9.98. The maximum atomic E-state index is 13.4. The third kappa shape index (κ3) is 8.26. The van der Waals surface area contributed by atoms with E-state index in [0.29, 0.717) is 6.29 Å². The van der Waals surface area contributed by atoms with E-state index in [2.05, 4.69) is 19.9 Å². The van der Waals surface area contributed by atoms with Crippen LogP contribution in [0.2, 0.25) is 0 Å². The molecule has 2 rings (SSSR count). The number of halogens is 5. The van der Waals surface area contributed by atoms with Gasteiger partial charge in [0.1, 0.15) is 19.4 Å². The lowest BCUT2D eigenvalue weighted by Gasteiger charge is -2.13. The average Bonchev–Trinajstić information content (AvgIpc) is 2.77. The number of rotatable bonds is 8. The molecule has 2 aromatic rings. The van der Waals surface area contributed by atoms with E-state index < -0.39 is 30.3 Å². The predicted molar refractivity (Wildman–Crippen MR) is 112 cm³/mol. The van der Waals surface area contributed by atoms with Crippen molar-refractivity contribution in [2.45, 2.75) is 26.1 Å². The quantitative estimate of drug-likeness (QED) is 0.223. The number of alkyl halides is 5. The summed E-state index contributed by atoms with van der Waals surface area (Å²) in [6.07, 6.45) is -7.05. The van der Waals surface area contributed by atoms with E-state index in [9.17, 15) is 26.7 Å². The van der Waals surface area contributed by atoms with Gasteiger partial charge >= 0.3 is 6.18 Å². The Morgan fingerprint density at radius 1 is 1.06 bits per heavy atom. The van der Waals surface area contributed by atoms with E-state index in [1.807, 2.05) is 0 Å². The third-order valence-corrected chi connectivity index (χ3v) is 4.04. The topological polar surface area (TPSA) is 69.5 Å². The molecular weight excluding hydrogens is 451 g/mol. The second-order valence-electron chi connectivity index (χ2n) is 6.39. The molecule has 0 aliphatic carbocycles. The minimum Gasteiger partial charge on any atom is -0.399 e. The van der Waals surface area contributed by atoms with E-state index in [-0.39, 0.29) is 28.1 Å². The number of hydrogen-bond acceptors (Lipinski definition) is 6. The fraction of sp³-hybridized carbons (Fsp3) is 0.318. The molecule has 0 aliphatic heterocycles. The minimum absolute atomic E-state index is 0.0454. The van der Waals surface area contributed by atoms with Crippen molar-refractivity contribution in [3.63, 3.8) is 0 Å². The van der Waals surface area contributed by atoms with E-state index in [4.69, 9.17) is 4.84 Å². The molecule has 0 aliphatic rings. The Hall–Kier alpha value is -3.34. The first-order valence-electron chi connectivity index (χ1n) is 9.31. The van der Waals surface area contributed by atoms with Gasteiger partial charge < -0.3 is 14.4 Å². The highest BCUT2D eigenvalue weighted by Gasteiger charge is 2.30. The van der Waals surface area contributed by atoms with Crippen molar-refractivity contribution in [1.29, 1.82) is 0 Å². The van der Waals surface area contributed by atoms with Crippen LogP contribution in [-0.4, -0.2) is 39.0 Å². The standard InChI is InChI=1S/C20H17F5N2O3.C2H6O/c1-12(13-5-3-6-14(9-13)20(23,24)25)26-30-11-17-15(18(10-28)27-29-2)7-4-8-16(17)19(21)22;1-3-2/h3-10,19H,11H2,1-2H3;1-2H3/b26-12+,27-18-;. The van der Waals surface area contributed by atoms with Gasteiger partial charge in [0, 0.05) is 30.9 Å². The Morgan fingerprint density at radius 3 is 2.24 bits per heavy atom. The molecule has 180 valence electrons. The van der Waals surface area contributed by atoms with Gasteiger partial charge in [0.15, 0.2) is 6.29 Å². The normalized spacial score (nSPS) is 12.2. The van der Waals surface area contributed by atoms with Crippen LogP contribution in [-0.2, 0) is 32.0 Å². The van der Waals surface area contributed by atoms with Crippen LogP contribution >= 0.6 is 0 Å². The molecule has 0 atom stereocenters. The van der Waals surface area contributed by atoms with E-state index in [0.717, 1.165) is 18.2 Å². The fourth-order valence-electron chi connectivity index (χ4n) is 2.61. The number of oxime groups is 2. The molecule has 0 N–H and O–H groups in total. The summed E-state index contributed by atoms with van der Waals surface area (Å²) in [5, 5.41) is 7.23. The van der Waals surface area contributed by atoms with E-state index >= 15 is 0 Å². The highest BCUT2D eigenvalue weighted by atomic mass is 19.4. The van der Waals surface area contributed by atoms with Crippen LogP contribution < -0.4 is 0 Å². The Bertz CT molecular complexity index is 975. The molecule has 0 unspecified atom stereocenters. The first-order chi connectivity index (χ1) is 15.6. The van der Waals surface area contributed by atoms with Crippen LogP contribution in [0.5, 0.6) is 0 Å². The molecule has 0 heterocycles. The Labute approximate surface area is 187 Å². The van der Waals surface area contributed by atoms with Crippen LogP contribution in [0.15, 0.2) is 52.8 Å². The number of hydrogen-bond donors (Lipinski definition) is 0. The molecule has 2 aromatic carbocycles. The Morgan fingerprint density at radius 2 is 1.70 bits per heavy atom. The predicted octanol–water partition coefficient (Wildman–Crippen LogP) is 5.40. The molecule has 0 spiro atoms. The first kappa shape index (κ1) is 27.7. The number of carbonyl (C=O) groups is 1. The van der Waals surface area contributed by atoms with Crippen LogP contribution in [0.1, 0.15) is 41.2 Å². The minimum atomic E-state index is -4.52. The van der Waals surface area contributed by atoms with Gasteiger partial charge in [-0.1, -0.05) is 40.6 Å². The molecule has 0 fully saturated rings. The summed E-state index contributed by atoms with van der Waals surface area (Å²) < 4.78 is 69.6. The van der Waals surface area contributed by atoms with Crippen molar-refractivity contribution in [3.05, 3.63) is 70.3 Å². The summed E-state index contributed by atoms with van der Waals surface area (Å²) in [5.74, 6) is 0. The van der Waals surface area contributed by atoms with Crippen molar-refractivity contribution < 1.29 is 41.2 Å². The van der Waals surface area contributed by atoms with Crippen molar-refractivity contribution in [1.82, 2.24) is 0 Å². The van der Waals surface area contributed by atoms with E-state index in [1.165, 1.54) is 38.3 Å². The van der Waals surface area contributed by atoms with Gasteiger partial charge in [0.05, 0.1) is 11.3 Å².